The van der Waals surface area contributed by atoms with Crippen LogP contribution in [0, 0.1) is 0 Å². The van der Waals surface area contributed by atoms with Gasteiger partial charge in [0.1, 0.15) is 0 Å². The first-order chi connectivity index (χ1) is 9.15. The Hall–Kier alpha value is -1.65. The van der Waals surface area contributed by atoms with Crippen LogP contribution in [-0.2, 0) is 0 Å². The Morgan fingerprint density at radius 1 is 0.895 bits per heavy atom. The van der Waals surface area contributed by atoms with Crippen LogP contribution < -0.4 is 4.34 Å². The van der Waals surface area contributed by atoms with Gasteiger partial charge in [-0.1, -0.05) is 35.9 Å². The van der Waals surface area contributed by atoms with E-state index in [1.54, 1.807) is 36.4 Å². The van der Waals surface area contributed by atoms with Crippen LogP contribution in [0.1, 0.15) is 31.8 Å². The summed E-state index contributed by atoms with van der Waals surface area (Å²) in [6, 6.07) is 10.0. The molecule has 1 N–H and O–H groups in total. The number of ketones is 2. The predicted octanol–water partition coefficient (Wildman–Crippen LogP) is 3.84. The van der Waals surface area contributed by atoms with Crippen molar-refractivity contribution >= 4 is 45.0 Å². The Balaban J connectivity index is 2.33. The van der Waals surface area contributed by atoms with Crippen molar-refractivity contribution in [2.75, 3.05) is 4.34 Å². The first-order valence-electron chi connectivity index (χ1n) is 5.52. The van der Waals surface area contributed by atoms with Gasteiger partial charge in [-0.2, -0.15) is 0 Å². The molecule has 0 aromatic heterocycles. The van der Waals surface area contributed by atoms with Gasteiger partial charge < -0.3 is 4.34 Å². The standard InChI is InChI=1S/C14H7BrClNO2/c15-17-10-6-5-9-11(12(10)16)14(19)8-4-2-1-3-7(8)13(9)18/h1-6,17H. The highest BCUT2D eigenvalue weighted by Crippen LogP contribution is 2.36. The van der Waals surface area contributed by atoms with Gasteiger partial charge in [0.2, 0.25) is 0 Å². The zero-order valence-corrected chi connectivity index (χ0v) is 11.9. The number of fused-ring (bicyclic) bond motifs is 2. The fourth-order valence-corrected chi connectivity index (χ4v) is 2.96. The first-order valence-corrected chi connectivity index (χ1v) is 6.70. The summed E-state index contributed by atoms with van der Waals surface area (Å²) in [5.74, 6) is -0.395. The third kappa shape index (κ3) is 1.71. The molecule has 5 heteroatoms. The summed E-state index contributed by atoms with van der Waals surface area (Å²) in [7, 11) is 0. The van der Waals surface area contributed by atoms with Crippen molar-refractivity contribution in [3.63, 3.8) is 0 Å². The Bertz CT molecular complexity index is 727. The maximum Gasteiger partial charge on any atom is 0.196 e. The number of carbonyl (C=O) groups excluding carboxylic acids is 2. The van der Waals surface area contributed by atoms with Crippen LogP contribution in [0.15, 0.2) is 36.4 Å². The smallest absolute Gasteiger partial charge is 0.196 e. The molecule has 1 aliphatic carbocycles. The molecule has 0 atom stereocenters. The molecule has 94 valence electrons. The Kier molecular flexibility index (Phi) is 2.92. The van der Waals surface area contributed by atoms with Crippen LogP contribution in [-0.4, -0.2) is 11.6 Å². The minimum Gasteiger partial charge on any atom is -0.321 e. The zero-order valence-electron chi connectivity index (χ0n) is 9.54. The molecule has 3 rings (SSSR count). The lowest BCUT2D eigenvalue weighted by atomic mass is 9.84. The minimum atomic E-state index is -0.222. The highest BCUT2D eigenvalue weighted by atomic mass is 79.9. The van der Waals surface area contributed by atoms with Crippen LogP contribution in [0.4, 0.5) is 5.69 Å². The van der Waals surface area contributed by atoms with Crippen molar-refractivity contribution in [1.29, 1.82) is 0 Å². The summed E-state index contributed by atoms with van der Waals surface area (Å²) in [6.07, 6.45) is 0. The largest absolute Gasteiger partial charge is 0.321 e. The number of hydrogen-bond acceptors (Lipinski definition) is 3. The number of nitrogens with one attached hydrogen (secondary N) is 1. The summed E-state index contributed by atoms with van der Waals surface area (Å²) < 4.78 is 2.72. The van der Waals surface area contributed by atoms with Crippen molar-refractivity contribution in [1.82, 2.24) is 0 Å². The lowest BCUT2D eigenvalue weighted by molar-refractivity contribution is 0.0979. The maximum atomic E-state index is 12.5. The topological polar surface area (TPSA) is 46.2 Å². The second-order valence-electron chi connectivity index (χ2n) is 4.15. The third-order valence-corrected chi connectivity index (χ3v) is 3.95. The fraction of sp³-hybridized carbons (Fsp3) is 0. The Labute approximate surface area is 122 Å². The number of carbonyl (C=O) groups is 2. The van der Waals surface area contributed by atoms with E-state index in [1.165, 1.54) is 0 Å². The molecule has 0 saturated heterocycles. The molecule has 0 saturated carbocycles. The monoisotopic (exact) mass is 335 g/mol. The van der Waals surface area contributed by atoms with E-state index in [2.05, 4.69) is 20.5 Å². The van der Waals surface area contributed by atoms with Crippen LogP contribution in [0.2, 0.25) is 5.02 Å². The number of benzene rings is 2. The summed E-state index contributed by atoms with van der Waals surface area (Å²) in [6.45, 7) is 0. The van der Waals surface area contributed by atoms with Crippen molar-refractivity contribution in [3.8, 4) is 0 Å². The third-order valence-electron chi connectivity index (χ3n) is 3.13. The molecular weight excluding hydrogens is 330 g/mol. The molecule has 2 aromatic rings. The van der Waals surface area contributed by atoms with Crippen LogP contribution in [0.3, 0.4) is 0 Å². The van der Waals surface area contributed by atoms with Gasteiger partial charge in [-0.05, 0) is 12.1 Å². The molecule has 2 aromatic carbocycles. The van der Waals surface area contributed by atoms with Gasteiger partial charge in [-0.15, -0.1) is 0 Å². The lowest BCUT2D eigenvalue weighted by Gasteiger charge is -2.19. The van der Waals surface area contributed by atoms with E-state index >= 15 is 0 Å². The lowest BCUT2D eigenvalue weighted by Crippen LogP contribution is -2.21. The fourth-order valence-electron chi connectivity index (χ4n) is 2.22. The molecule has 0 fully saturated rings. The van der Waals surface area contributed by atoms with Crippen molar-refractivity contribution in [2.45, 2.75) is 0 Å². The van der Waals surface area contributed by atoms with E-state index in [4.69, 9.17) is 11.6 Å². The molecule has 19 heavy (non-hydrogen) atoms. The second-order valence-corrected chi connectivity index (χ2v) is 4.92. The highest BCUT2D eigenvalue weighted by molar-refractivity contribution is 9.10. The Morgan fingerprint density at radius 2 is 1.53 bits per heavy atom. The number of hydrogen-bond donors (Lipinski definition) is 1. The van der Waals surface area contributed by atoms with Gasteiger partial charge in [0.15, 0.2) is 11.6 Å². The molecule has 0 aliphatic heterocycles. The summed E-state index contributed by atoms with van der Waals surface area (Å²) >= 11 is 9.26. The maximum absolute atomic E-state index is 12.5. The minimum absolute atomic E-state index is 0.173. The van der Waals surface area contributed by atoms with E-state index in [-0.39, 0.29) is 22.2 Å². The Morgan fingerprint density at radius 3 is 2.16 bits per heavy atom. The first kappa shape index (κ1) is 12.4. The predicted molar refractivity (Wildman–Crippen MR) is 77.3 cm³/mol. The van der Waals surface area contributed by atoms with Gasteiger partial charge in [0, 0.05) is 32.8 Å². The van der Waals surface area contributed by atoms with Gasteiger partial charge >= 0.3 is 0 Å². The molecule has 0 radical (unpaired) electrons. The van der Waals surface area contributed by atoms with E-state index in [0.29, 0.717) is 22.4 Å². The molecule has 0 unspecified atom stereocenters. The average Bonchev–Trinajstić information content (AvgIpc) is 2.44. The summed E-state index contributed by atoms with van der Waals surface area (Å²) in [5.41, 5.74) is 1.99. The quantitative estimate of drug-likeness (QED) is 0.687. The van der Waals surface area contributed by atoms with Gasteiger partial charge in [-0.3, -0.25) is 9.59 Å². The number of rotatable bonds is 1. The molecule has 0 amide bonds. The normalized spacial score (nSPS) is 12.9. The number of anilines is 1. The second kappa shape index (κ2) is 4.47. The van der Waals surface area contributed by atoms with Crippen molar-refractivity contribution in [3.05, 3.63) is 63.7 Å². The number of halogens is 2. The van der Waals surface area contributed by atoms with Gasteiger partial charge in [0.05, 0.1) is 16.3 Å². The molecular formula is C14H7BrClNO2. The zero-order chi connectivity index (χ0) is 13.6. The van der Waals surface area contributed by atoms with E-state index in [1.807, 2.05) is 0 Å². The highest BCUT2D eigenvalue weighted by Gasteiger charge is 2.31. The van der Waals surface area contributed by atoms with Crippen LogP contribution in [0.5, 0.6) is 0 Å². The van der Waals surface area contributed by atoms with Gasteiger partial charge in [0.25, 0.3) is 0 Å². The van der Waals surface area contributed by atoms with Crippen molar-refractivity contribution < 1.29 is 9.59 Å². The summed E-state index contributed by atoms with van der Waals surface area (Å²) in [4.78, 5) is 24.8. The SMILES string of the molecule is O=C1c2ccccc2C(=O)c2c1ccc(NBr)c2Cl. The molecule has 3 nitrogen and oxygen atoms in total. The van der Waals surface area contributed by atoms with Crippen molar-refractivity contribution in [2.24, 2.45) is 0 Å². The van der Waals surface area contributed by atoms with E-state index < -0.39 is 0 Å². The van der Waals surface area contributed by atoms with E-state index in [9.17, 15) is 9.59 Å². The molecule has 0 spiro atoms. The average molecular weight is 337 g/mol. The molecule has 0 bridgehead atoms. The molecule has 1 aliphatic rings. The van der Waals surface area contributed by atoms with Crippen LogP contribution in [0.25, 0.3) is 0 Å². The van der Waals surface area contributed by atoms with Crippen LogP contribution >= 0.6 is 27.7 Å². The van der Waals surface area contributed by atoms with Gasteiger partial charge in [-0.25, -0.2) is 0 Å². The molecule has 0 heterocycles. The summed E-state index contributed by atoms with van der Waals surface area (Å²) in [5, 5.41) is 0.252. The van der Waals surface area contributed by atoms with E-state index in [0.717, 1.165) is 0 Å².